The monoisotopic (exact) mass is 140 g/mol. The summed E-state index contributed by atoms with van der Waals surface area (Å²) in [5.74, 6) is 0.338. The molecule has 56 valence electrons. The van der Waals surface area contributed by atoms with Crippen LogP contribution in [0.4, 0.5) is 0 Å². The SMILES string of the molecule is CO.Cc1cccc(O)c1. The van der Waals surface area contributed by atoms with Crippen molar-refractivity contribution in [3.05, 3.63) is 29.8 Å². The average Bonchev–Trinajstić information content (AvgIpc) is 1.91. The molecule has 0 unspecified atom stereocenters. The van der Waals surface area contributed by atoms with Crippen LogP contribution in [-0.4, -0.2) is 17.3 Å². The smallest absolute Gasteiger partial charge is 0.115 e. The number of aliphatic hydroxyl groups is 1. The molecule has 0 heterocycles. The van der Waals surface area contributed by atoms with Crippen LogP contribution in [0.2, 0.25) is 0 Å². The van der Waals surface area contributed by atoms with Gasteiger partial charge in [-0.05, 0) is 24.6 Å². The third kappa shape index (κ3) is 3.10. The van der Waals surface area contributed by atoms with Crippen LogP contribution in [0.15, 0.2) is 24.3 Å². The van der Waals surface area contributed by atoms with E-state index in [9.17, 15) is 0 Å². The molecule has 0 radical (unpaired) electrons. The minimum absolute atomic E-state index is 0.338. The lowest BCUT2D eigenvalue weighted by Crippen LogP contribution is -1.66. The van der Waals surface area contributed by atoms with E-state index in [1.165, 1.54) is 0 Å². The number of aliphatic hydroxyl groups excluding tert-OH is 1. The van der Waals surface area contributed by atoms with Gasteiger partial charge in [-0.1, -0.05) is 12.1 Å². The van der Waals surface area contributed by atoms with Gasteiger partial charge in [0.05, 0.1) is 0 Å². The number of aryl methyl sites for hydroxylation is 1. The van der Waals surface area contributed by atoms with Gasteiger partial charge in [-0.2, -0.15) is 0 Å². The Kier molecular flexibility index (Phi) is 4.33. The van der Waals surface area contributed by atoms with Gasteiger partial charge >= 0.3 is 0 Å². The normalized spacial score (nSPS) is 7.90. The van der Waals surface area contributed by atoms with Crippen molar-refractivity contribution < 1.29 is 10.2 Å². The fourth-order valence-electron chi connectivity index (χ4n) is 0.628. The van der Waals surface area contributed by atoms with Crippen molar-refractivity contribution in [2.45, 2.75) is 6.92 Å². The molecule has 2 N–H and O–H groups in total. The summed E-state index contributed by atoms with van der Waals surface area (Å²) in [7, 11) is 1.00. The molecule has 0 aliphatic carbocycles. The summed E-state index contributed by atoms with van der Waals surface area (Å²) >= 11 is 0. The Balaban J connectivity index is 0.000000371. The fourth-order valence-corrected chi connectivity index (χ4v) is 0.628. The van der Waals surface area contributed by atoms with Gasteiger partial charge < -0.3 is 10.2 Å². The van der Waals surface area contributed by atoms with E-state index in [1.54, 1.807) is 12.1 Å². The Morgan fingerprint density at radius 1 is 1.20 bits per heavy atom. The molecule has 0 aliphatic rings. The molecule has 0 aromatic heterocycles. The number of rotatable bonds is 0. The van der Waals surface area contributed by atoms with E-state index < -0.39 is 0 Å². The second-order valence-corrected chi connectivity index (χ2v) is 1.84. The fraction of sp³-hybridized carbons (Fsp3) is 0.250. The molecule has 2 heteroatoms. The van der Waals surface area contributed by atoms with E-state index in [0.29, 0.717) is 5.75 Å². The highest BCUT2D eigenvalue weighted by molar-refractivity contribution is 5.25. The van der Waals surface area contributed by atoms with Crippen molar-refractivity contribution in [3.8, 4) is 5.75 Å². The first-order valence-electron chi connectivity index (χ1n) is 2.99. The molecular weight excluding hydrogens is 128 g/mol. The van der Waals surface area contributed by atoms with Gasteiger partial charge in [0.2, 0.25) is 0 Å². The zero-order chi connectivity index (χ0) is 7.98. The van der Waals surface area contributed by atoms with E-state index in [4.69, 9.17) is 10.2 Å². The van der Waals surface area contributed by atoms with Gasteiger partial charge in [-0.3, -0.25) is 0 Å². The lowest BCUT2D eigenvalue weighted by atomic mass is 10.2. The summed E-state index contributed by atoms with van der Waals surface area (Å²) in [5.41, 5.74) is 1.09. The summed E-state index contributed by atoms with van der Waals surface area (Å²) in [4.78, 5) is 0. The largest absolute Gasteiger partial charge is 0.508 e. The Hall–Kier alpha value is -1.02. The molecule has 2 nitrogen and oxygen atoms in total. The molecule has 0 saturated heterocycles. The first kappa shape index (κ1) is 8.98. The molecule has 0 aliphatic heterocycles. The summed E-state index contributed by atoms with van der Waals surface area (Å²) in [6, 6.07) is 7.15. The van der Waals surface area contributed by atoms with Crippen molar-refractivity contribution in [1.29, 1.82) is 0 Å². The molecule has 0 saturated carbocycles. The predicted octanol–water partition coefficient (Wildman–Crippen LogP) is 1.31. The number of aromatic hydroxyl groups is 1. The average molecular weight is 140 g/mol. The molecular formula is C8H12O2. The summed E-state index contributed by atoms with van der Waals surface area (Å²) < 4.78 is 0. The maximum absolute atomic E-state index is 8.81. The van der Waals surface area contributed by atoms with Gasteiger partial charge in [0.15, 0.2) is 0 Å². The topological polar surface area (TPSA) is 40.5 Å². The minimum atomic E-state index is 0.338. The standard InChI is InChI=1S/C7H8O.CH4O/c1-6-3-2-4-7(8)5-6;1-2/h2-5,8H,1H3;2H,1H3. The van der Waals surface area contributed by atoms with Crippen LogP contribution < -0.4 is 0 Å². The maximum atomic E-state index is 8.81. The molecule has 0 bridgehead atoms. The minimum Gasteiger partial charge on any atom is -0.508 e. The summed E-state index contributed by atoms with van der Waals surface area (Å²) in [5, 5.41) is 15.8. The number of phenols is 1. The van der Waals surface area contributed by atoms with Crippen LogP contribution in [0.1, 0.15) is 5.56 Å². The zero-order valence-corrected chi connectivity index (χ0v) is 6.20. The van der Waals surface area contributed by atoms with E-state index in [2.05, 4.69) is 0 Å². The van der Waals surface area contributed by atoms with Crippen LogP contribution in [0.5, 0.6) is 5.75 Å². The molecule has 0 amide bonds. The first-order chi connectivity index (χ1) is 4.79. The first-order valence-corrected chi connectivity index (χ1v) is 2.99. The highest BCUT2D eigenvalue weighted by atomic mass is 16.3. The second-order valence-electron chi connectivity index (χ2n) is 1.84. The van der Waals surface area contributed by atoms with Gasteiger partial charge in [0, 0.05) is 7.11 Å². The lowest BCUT2D eigenvalue weighted by molar-refractivity contribution is 0.399. The Bertz CT molecular complexity index is 167. The number of hydrogen-bond acceptors (Lipinski definition) is 2. The summed E-state index contributed by atoms with van der Waals surface area (Å²) in [6.45, 7) is 1.94. The molecule has 1 aromatic rings. The lowest BCUT2D eigenvalue weighted by Gasteiger charge is -1.89. The van der Waals surface area contributed by atoms with Gasteiger partial charge in [-0.25, -0.2) is 0 Å². The quantitative estimate of drug-likeness (QED) is 0.570. The Labute approximate surface area is 60.8 Å². The molecule has 0 atom stereocenters. The number of hydrogen-bond donors (Lipinski definition) is 2. The summed E-state index contributed by atoms with van der Waals surface area (Å²) in [6.07, 6.45) is 0. The van der Waals surface area contributed by atoms with E-state index in [0.717, 1.165) is 12.7 Å². The molecule has 1 aromatic carbocycles. The predicted molar refractivity (Wildman–Crippen MR) is 41.0 cm³/mol. The van der Waals surface area contributed by atoms with Gasteiger partial charge in [0.25, 0.3) is 0 Å². The Morgan fingerprint density at radius 3 is 2.10 bits per heavy atom. The second kappa shape index (κ2) is 4.82. The highest BCUT2D eigenvalue weighted by Crippen LogP contribution is 2.08. The van der Waals surface area contributed by atoms with Crippen LogP contribution in [0, 0.1) is 6.92 Å². The van der Waals surface area contributed by atoms with Crippen molar-refractivity contribution in [2.24, 2.45) is 0 Å². The molecule has 1 rings (SSSR count). The number of benzene rings is 1. The van der Waals surface area contributed by atoms with Crippen LogP contribution >= 0.6 is 0 Å². The van der Waals surface area contributed by atoms with Crippen LogP contribution in [0.25, 0.3) is 0 Å². The van der Waals surface area contributed by atoms with Crippen LogP contribution in [0.3, 0.4) is 0 Å². The van der Waals surface area contributed by atoms with Crippen molar-refractivity contribution in [1.82, 2.24) is 0 Å². The van der Waals surface area contributed by atoms with Crippen LogP contribution in [-0.2, 0) is 0 Å². The maximum Gasteiger partial charge on any atom is 0.115 e. The number of phenolic OH excluding ortho intramolecular Hbond substituents is 1. The van der Waals surface area contributed by atoms with E-state index >= 15 is 0 Å². The van der Waals surface area contributed by atoms with Crippen molar-refractivity contribution in [3.63, 3.8) is 0 Å². The third-order valence-electron chi connectivity index (χ3n) is 1.00. The van der Waals surface area contributed by atoms with Crippen molar-refractivity contribution in [2.75, 3.05) is 7.11 Å². The molecule has 0 spiro atoms. The third-order valence-corrected chi connectivity index (χ3v) is 1.00. The van der Waals surface area contributed by atoms with E-state index in [-0.39, 0.29) is 0 Å². The highest BCUT2D eigenvalue weighted by Gasteiger charge is 1.83. The van der Waals surface area contributed by atoms with Gasteiger partial charge in [0.1, 0.15) is 5.75 Å². The molecule has 10 heavy (non-hydrogen) atoms. The van der Waals surface area contributed by atoms with E-state index in [1.807, 2.05) is 19.1 Å². The molecule has 0 fully saturated rings. The van der Waals surface area contributed by atoms with Gasteiger partial charge in [-0.15, -0.1) is 0 Å². The zero-order valence-electron chi connectivity index (χ0n) is 6.20. The van der Waals surface area contributed by atoms with Crippen molar-refractivity contribution >= 4 is 0 Å². The Morgan fingerprint density at radius 2 is 1.80 bits per heavy atom.